The Hall–Kier alpha value is -1.63. The standard InChI is InChI=1S/C14H11FINO2/c15-12-8-10(16)6-7-13(12)17-14(18)9-19-11-4-2-1-3-5-11/h1-8H,9H2,(H,17,18). The van der Waals surface area contributed by atoms with Gasteiger partial charge in [-0.1, -0.05) is 18.2 Å². The largest absolute Gasteiger partial charge is 0.484 e. The van der Waals surface area contributed by atoms with Gasteiger partial charge in [-0.2, -0.15) is 0 Å². The summed E-state index contributed by atoms with van der Waals surface area (Å²) >= 11 is 2.00. The van der Waals surface area contributed by atoms with Crippen molar-refractivity contribution in [1.29, 1.82) is 0 Å². The lowest BCUT2D eigenvalue weighted by molar-refractivity contribution is -0.118. The lowest BCUT2D eigenvalue weighted by atomic mass is 10.3. The van der Waals surface area contributed by atoms with Crippen LogP contribution in [0.25, 0.3) is 0 Å². The molecule has 2 aromatic carbocycles. The number of amides is 1. The Labute approximate surface area is 123 Å². The van der Waals surface area contributed by atoms with E-state index in [4.69, 9.17) is 4.74 Å². The minimum Gasteiger partial charge on any atom is -0.484 e. The van der Waals surface area contributed by atoms with Gasteiger partial charge in [0.2, 0.25) is 0 Å². The fourth-order valence-corrected chi connectivity index (χ4v) is 1.90. The van der Waals surface area contributed by atoms with Crippen LogP contribution in [0.3, 0.4) is 0 Å². The second-order valence-corrected chi connectivity index (χ2v) is 5.02. The lowest BCUT2D eigenvalue weighted by Gasteiger charge is -2.08. The van der Waals surface area contributed by atoms with Gasteiger partial charge in [0.25, 0.3) is 5.91 Å². The molecule has 98 valence electrons. The Morgan fingerprint density at radius 2 is 1.95 bits per heavy atom. The van der Waals surface area contributed by atoms with E-state index in [0.29, 0.717) is 5.75 Å². The van der Waals surface area contributed by atoms with Crippen molar-refractivity contribution in [3.8, 4) is 5.75 Å². The quantitative estimate of drug-likeness (QED) is 0.837. The molecule has 0 saturated carbocycles. The van der Waals surface area contributed by atoms with Crippen LogP contribution in [-0.2, 0) is 4.79 Å². The number of para-hydroxylation sites is 1. The summed E-state index contributed by atoms with van der Waals surface area (Å²) in [5.74, 6) is -0.260. The number of nitrogens with one attached hydrogen (secondary N) is 1. The minimum absolute atomic E-state index is 0.155. The van der Waals surface area contributed by atoms with E-state index in [-0.39, 0.29) is 12.3 Å². The summed E-state index contributed by atoms with van der Waals surface area (Å²) in [5.41, 5.74) is 0.155. The molecule has 0 aromatic heterocycles. The Morgan fingerprint density at radius 3 is 2.63 bits per heavy atom. The first-order chi connectivity index (χ1) is 9.15. The number of hydrogen-bond donors (Lipinski definition) is 1. The van der Waals surface area contributed by atoms with Gasteiger partial charge in [0.1, 0.15) is 11.6 Å². The van der Waals surface area contributed by atoms with Crippen molar-refractivity contribution in [2.75, 3.05) is 11.9 Å². The van der Waals surface area contributed by atoms with E-state index >= 15 is 0 Å². The maximum Gasteiger partial charge on any atom is 0.262 e. The summed E-state index contributed by atoms with van der Waals surface area (Å²) in [7, 11) is 0. The number of halogens is 2. The van der Waals surface area contributed by atoms with Crippen LogP contribution < -0.4 is 10.1 Å². The highest BCUT2D eigenvalue weighted by Crippen LogP contribution is 2.17. The molecule has 3 nitrogen and oxygen atoms in total. The first-order valence-electron chi connectivity index (χ1n) is 5.58. The van der Waals surface area contributed by atoms with Gasteiger partial charge in [-0.05, 0) is 52.9 Å². The molecule has 0 unspecified atom stereocenters. The predicted molar refractivity (Wildman–Crippen MR) is 79.7 cm³/mol. The number of carbonyl (C=O) groups excluding carboxylic acids is 1. The third-order valence-corrected chi connectivity index (χ3v) is 2.99. The van der Waals surface area contributed by atoms with Gasteiger partial charge >= 0.3 is 0 Å². The molecule has 19 heavy (non-hydrogen) atoms. The lowest BCUT2D eigenvalue weighted by Crippen LogP contribution is -2.20. The van der Waals surface area contributed by atoms with Gasteiger partial charge in [-0.3, -0.25) is 4.79 Å². The number of benzene rings is 2. The maximum atomic E-state index is 13.5. The van der Waals surface area contributed by atoms with Crippen molar-refractivity contribution in [2.24, 2.45) is 0 Å². The molecule has 2 aromatic rings. The summed E-state index contributed by atoms with van der Waals surface area (Å²) in [6, 6.07) is 13.6. The maximum absolute atomic E-state index is 13.5. The fraction of sp³-hybridized carbons (Fsp3) is 0.0714. The van der Waals surface area contributed by atoms with Gasteiger partial charge in [0, 0.05) is 3.57 Å². The Kier molecular flexibility index (Phi) is 4.73. The van der Waals surface area contributed by atoms with Gasteiger partial charge in [0.05, 0.1) is 5.69 Å². The van der Waals surface area contributed by atoms with E-state index in [0.717, 1.165) is 3.57 Å². The van der Waals surface area contributed by atoms with E-state index < -0.39 is 11.7 Å². The van der Waals surface area contributed by atoms with Crippen molar-refractivity contribution < 1.29 is 13.9 Å². The fourth-order valence-electron chi connectivity index (χ4n) is 1.44. The molecule has 0 aliphatic rings. The Bertz CT molecular complexity index is 575. The molecular formula is C14H11FINO2. The van der Waals surface area contributed by atoms with Crippen molar-refractivity contribution >= 4 is 34.2 Å². The molecule has 0 fully saturated rings. The first kappa shape index (κ1) is 13.8. The molecule has 0 heterocycles. The molecule has 1 amide bonds. The minimum atomic E-state index is -0.458. The summed E-state index contributed by atoms with van der Waals surface area (Å²) < 4.78 is 19.6. The topological polar surface area (TPSA) is 38.3 Å². The molecule has 0 bridgehead atoms. The van der Waals surface area contributed by atoms with Crippen LogP contribution >= 0.6 is 22.6 Å². The molecule has 0 radical (unpaired) electrons. The molecule has 5 heteroatoms. The van der Waals surface area contributed by atoms with Gasteiger partial charge in [-0.25, -0.2) is 4.39 Å². The van der Waals surface area contributed by atoms with Crippen molar-refractivity contribution in [3.63, 3.8) is 0 Å². The predicted octanol–water partition coefficient (Wildman–Crippen LogP) is 3.45. The zero-order chi connectivity index (χ0) is 13.7. The highest BCUT2D eigenvalue weighted by atomic mass is 127. The van der Waals surface area contributed by atoms with Crippen molar-refractivity contribution in [2.45, 2.75) is 0 Å². The van der Waals surface area contributed by atoms with Crippen LogP contribution in [0, 0.1) is 9.39 Å². The number of anilines is 1. The number of hydrogen-bond acceptors (Lipinski definition) is 2. The highest BCUT2D eigenvalue weighted by molar-refractivity contribution is 14.1. The van der Waals surface area contributed by atoms with Gasteiger partial charge in [-0.15, -0.1) is 0 Å². The van der Waals surface area contributed by atoms with Crippen LogP contribution in [0.15, 0.2) is 48.5 Å². The zero-order valence-electron chi connectivity index (χ0n) is 9.90. The summed E-state index contributed by atoms with van der Waals surface area (Å²) in [6.07, 6.45) is 0. The van der Waals surface area contributed by atoms with Crippen LogP contribution in [0.5, 0.6) is 5.75 Å². The molecule has 1 N–H and O–H groups in total. The highest BCUT2D eigenvalue weighted by Gasteiger charge is 2.07. The van der Waals surface area contributed by atoms with E-state index in [9.17, 15) is 9.18 Å². The molecule has 0 atom stereocenters. The van der Waals surface area contributed by atoms with Crippen LogP contribution in [-0.4, -0.2) is 12.5 Å². The summed E-state index contributed by atoms with van der Waals surface area (Å²) in [5, 5.41) is 2.47. The summed E-state index contributed by atoms with van der Waals surface area (Å²) in [4.78, 5) is 11.6. The van der Waals surface area contributed by atoms with Crippen LogP contribution in [0.2, 0.25) is 0 Å². The number of carbonyl (C=O) groups is 1. The first-order valence-corrected chi connectivity index (χ1v) is 6.66. The van der Waals surface area contributed by atoms with E-state index in [2.05, 4.69) is 5.32 Å². The molecule has 0 saturated heterocycles. The second-order valence-electron chi connectivity index (χ2n) is 3.77. The number of rotatable bonds is 4. The van der Waals surface area contributed by atoms with Crippen molar-refractivity contribution in [3.05, 3.63) is 57.9 Å². The zero-order valence-corrected chi connectivity index (χ0v) is 12.1. The number of ether oxygens (including phenoxy) is 1. The average molecular weight is 371 g/mol. The third-order valence-electron chi connectivity index (χ3n) is 2.32. The van der Waals surface area contributed by atoms with Gasteiger partial charge < -0.3 is 10.1 Å². The van der Waals surface area contributed by atoms with E-state index in [1.165, 1.54) is 12.1 Å². The third kappa shape index (κ3) is 4.20. The molecule has 0 aliphatic heterocycles. The Morgan fingerprint density at radius 1 is 1.21 bits per heavy atom. The smallest absolute Gasteiger partial charge is 0.262 e. The van der Waals surface area contributed by atoms with Crippen LogP contribution in [0.1, 0.15) is 0 Å². The molecule has 0 spiro atoms. The van der Waals surface area contributed by atoms with Crippen molar-refractivity contribution in [1.82, 2.24) is 0 Å². The SMILES string of the molecule is O=C(COc1ccccc1)Nc1ccc(I)cc1F. The average Bonchev–Trinajstić information content (AvgIpc) is 2.41. The molecule has 0 aliphatic carbocycles. The van der Waals surface area contributed by atoms with Crippen LogP contribution in [0.4, 0.5) is 10.1 Å². The van der Waals surface area contributed by atoms with Gasteiger partial charge in [0.15, 0.2) is 6.61 Å². The summed E-state index contributed by atoms with van der Waals surface area (Å²) in [6.45, 7) is -0.157. The normalized spacial score (nSPS) is 10.0. The molecule has 2 rings (SSSR count). The molecular weight excluding hydrogens is 360 g/mol. The Balaban J connectivity index is 1.91. The second kappa shape index (κ2) is 6.51. The van der Waals surface area contributed by atoms with E-state index in [1.807, 2.05) is 40.8 Å². The van der Waals surface area contributed by atoms with E-state index in [1.54, 1.807) is 18.2 Å². The monoisotopic (exact) mass is 371 g/mol.